The number of hydrogen-bond acceptors (Lipinski definition) is 3. The van der Waals surface area contributed by atoms with E-state index in [-0.39, 0.29) is 5.69 Å². The number of nitrogens with zero attached hydrogens (tertiary/aromatic N) is 1. The lowest BCUT2D eigenvalue weighted by atomic mass is 10.2. The van der Waals surface area contributed by atoms with E-state index in [1.165, 1.54) is 0 Å². The fourth-order valence-electron chi connectivity index (χ4n) is 1.50. The summed E-state index contributed by atoms with van der Waals surface area (Å²) >= 11 is 0. The summed E-state index contributed by atoms with van der Waals surface area (Å²) in [5, 5.41) is 0. The second kappa shape index (κ2) is 6.02. The van der Waals surface area contributed by atoms with Gasteiger partial charge < -0.3 is 10.5 Å². The van der Waals surface area contributed by atoms with Crippen molar-refractivity contribution in [1.29, 1.82) is 0 Å². The molecular formula is C13H17F3N2O2. The molecule has 0 aliphatic carbocycles. The van der Waals surface area contributed by atoms with Crippen LogP contribution in [-0.4, -0.2) is 24.9 Å². The maximum atomic E-state index is 13.9. The topological polar surface area (TPSA) is 55.6 Å². The van der Waals surface area contributed by atoms with Gasteiger partial charge in [-0.15, -0.1) is 0 Å². The number of nitrogen functional groups attached to an aromatic ring is 1. The number of carbonyl (C=O) groups excluding carboxylic acids is 1. The number of rotatable bonds is 3. The molecular weight excluding hydrogens is 273 g/mol. The lowest BCUT2D eigenvalue weighted by Gasteiger charge is -2.27. The summed E-state index contributed by atoms with van der Waals surface area (Å²) in [6.07, 6.45) is -1.04. The van der Waals surface area contributed by atoms with Gasteiger partial charge in [-0.05, 0) is 32.9 Å². The van der Waals surface area contributed by atoms with Gasteiger partial charge in [-0.1, -0.05) is 0 Å². The highest BCUT2D eigenvalue weighted by Gasteiger charge is 2.28. The first kappa shape index (κ1) is 16.1. The van der Waals surface area contributed by atoms with Gasteiger partial charge in [0, 0.05) is 0 Å². The maximum Gasteiger partial charge on any atom is 0.415 e. The van der Waals surface area contributed by atoms with Crippen molar-refractivity contribution in [3.63, 3.8) is 0 Å². The standard InChI is InChI=1S/C13H17F3N2O2/c1-13(2,3)20-12(19)18(7-6-14)11-8(15)4-5-9(17)10(11)16/h4-5H,6-7,17H2,1-3H3. The normalized spacial score (nSPS) is 11.3. The fraction of sp³-hybridized carbons (Fsp3) is 0.462. The average Bonchev–Trinajstić information content (AvgIpc) is 2.31. The molecule has 1 amide bonds. The first-order chi connectivity index (χ1) is 9.17. The number of anilines is 2. The average molecular weight is 290 g/mol. The summed E-state index contributed by atoms with van der Waals surface area (Å²) in [5.41, 5.74) is 3.41. The van der Waals surface area contributed by atoms with Crippen molar-refractivity contribution in [2.75, 3.05) is 23.9 Å². The summed E-state index contributed by atoms with van der Waals surface area (Å²) in [4.78, 5) is 12.5. The zero-order valence-corrected chi connectivity index (χ0v) is 11.5. The van der Waals surface area contributed by atoms with Crippen LogP contribution in [0.15, 0.2) is 12.1 Å². The Hall–Kier alpha value is -1.92. The van der Waals surface area contributed by atoms with E-state index >= 15 is 0 Å². The smallest absolute Gasteiger partial charge is 0.415 e. The minimum absolute atomic E-state index is 0.339. The summed E-state index contributed by atoms with van der Waals surface area (Å²) in [6.45, 7) is 3.25. The molecule has 112 valence electrons. The molecule has 1 aromatic rings. The minimum Gasteiger partial charge on any atom is -0.443 e. The van der Waals surface area contributed by atoms with Gasteiger partial charge in [0.1, 0.15) is 23.8 Å². The molecule has 0 atom stereocenters. The molecule has 0 saturated heterocycles. The second-order valence-electron chi connectivity index (χ2n) is 5.12. The van der Waals surface area contributed by atoms with Crippen molar-refractivity contribution in [3.8, 4) is 0 Å². The molecule has 0 unspecified atom stereocenters. The third-order valence-electron chi connectivity index (χ3n) is 2.29. The highest BCUT2D eigenvalue weighted by atomic mass is 19.1. The third-order valence-corrected chi connectivity index (χ3v) is 2.29. The lowest BCUT2D eigenvalue weighted by Crippen LogP contribution is -2.39. The van der Waals surface area contributed by atoms with Gasteiger partial charge in [-0.25, -0.2) is 18.0 Å². The van der Waals surface area contributed by atoms with E-state index in [2.05, 4.69) is 0 Å². The van der Waals surface area contributed by atoms with Crippen LogP contribution >= 0.6 is 0 Å². The lowest BCUT2D eigenvalue weighted by molar-refractivity contribution is 0.0575. The van der Waals surface area contributed by atoms with Crippen LogP contribution in [-0.2, 0) is 4.74 Å². The Morgan fingerprint density at radius 2 is 1.95 bits per heavy atom. The molecule has 4 nitrogen and oxygen atoms in total. The molecule has 1 aromatic carbocycles. The van der Waals surface area contributed by atoms with Gasteiger partial charge in [-0.3, -0.25) is 4.90 Å². The summed E-state index contributed by atoms with van der Waals surface area (Å²) < 4.78 is 45.2. The highest BCUT2D eigenvalue weighted by Crippen LogP contribution is 2.28. The molecule has 7 heteroatoms. The van der Waals surface area contributed by atoms with Crippen LogP contribution in [0, 0.1) is 11.6 Å². The van der Waals surface area contributed by atoms with E-state index in [1.54, 1.807) is 20.8 Å². The zero-order chi connectivity index (χ0) is 15.5. The van der Waals surface area contributed by atoms with Crippen molar-refractivity contribution in [2.24, 2.45) is 0 Å². The van der Waals surface area contributed by atoms with Crippen LogP contribution in [0.3, 0.4) is 0 Å². The number of hydrogen-bond donors (Lipinski definition) is 1. The predicted molar refractivity (Wildman–Crippen MR) is 70.3 cm³/mol. The van der Waals surface area contributed by atoms with Crippen LogP contribution in [0.4, 0.5) is 29.3 Å². The van der Waals surface area contributed by atoms with Crippen LogP contribution in [0.25, 0.3) is 0 Å². The Morgan fingerprint density at radius 1 is 1.35 bits per heavy atom. The maximum absolute atomic E-state index is 13.9. The molecule has 0 bridgehead atoms. The van der Waals surface area contributed by atoms with Crippen LogP contribution < -0.4 is 10.6 Å². The molecule has 0 radical (unpaired) electrons. The van der Waals surface area contributed by atoms with E-state index < -0.39 is 42.2 Å². The largest absolute Gasteiger partial charge is 0.443 e. The molecule has 0 spiro atoms. The first-order valence-electron chi connectivity index (χ1n) is 5.97. The number of nitrogens with two attached hydrogens (primary N) is 1. The number of carbonyl (C=O) groups is 1. The predicted octanol–water partition coefficient (Wildman–Crippen LogP) is 3.26. The van der Waals surface area contributed by atoms with Crippen molar-refractivity contribution in [3.05, 3.63) is 23.8 Å². The number of benzene rings is 1. The monoisotopic (exact) mass is 290 g/mol. The number of ether oxygens (including phenoxy) is 1. The quantitative estimate of drug-likeness (QED) is 0.869. The van der Waals surface area contributed by atoms with Crippen LogP contribution in [0.5, 0.6) is 0 Å². The molecule has 0 fully saturated rings. The Bertz CT molecular complexity index is 501. The number of amides is 1. The van der Waals surface area contributed by atoms with E-state index in [0.717, 1.165) is 12.1 Å². The molecule has 0 saturated carbocycles. The van der Waals surface area contributed by atoms with Gasteiger partial charge in [0.15, 0.2) is 5.82 Å². The van der Waals surface area contributed by atoms with E-state index in [1.807, 2.05) is 0 Å². The van der Waals surface area contributed by atoms with Crippen LogP contribution in [0.2, 0.25) is 0 Å². The second-order valence-corrected chi connectivity index (χ2v) is 5.12. The summed E-state index contributed by atoms with van der Waals surface area (Å²) in [5.74, 6) is -2.14. The molecule has 0 aliphatic heterocycles. The van der Waals surface area contributed by atoms with Crippen molar-refractivity contribution in [1.82, 2.24) is 0 Å². The zero-order valence-electron chi connectivity index (χ0n) is 11.5. The van der Waals surface area contributed by atoms with Gasteiger partial charge in [0.25, 0.3) is 0 Å². The van der Waals surface area contributed by atoms with Gasteiger partial charge in [0.05, 0.1) is 12.2 Å². The Labute approximate surface area is 115 Å². The molecule has 0 heterocycles. The Kier molecular flexibility index (Phi) is 4.86. The van der Waals surface area contributed by atoms with Gasteiger partial charge >= 0.3 is 6.09 Å². The minimum atomic E-state index is -1.12. The number of halogens is 3. The van der Waals surface area contributed by atoms with Crippen molar-refractivity contribution in [2.45, 2.75) is 26.4 Å². The molecule has 20 heavy (non-hydrogen) atoms. The van der Waals surface area contributed by atoms with E-state index in [0.29, 0.717) is 4.90 Å². The van der Waals surface area contributed by atoms with Crippen molar-refractivity contribution < 1.29 is 22.7 Å². The SMILES string of the molecule is CC(C)(C)OC(=O)N(CCF)c1c(F)ccc(N)c1F. The van der Waals surface area contributed by atoms with E-state index in [4.69, 9.17) is 10.5 Å². The number of alkyl halides is 1. The van der Waals surface area contributed by atoms with E-state index in [9.17, 15) is 18.0 Å². The Morgan fingerprint density at radius 3 is 2.45 bits per heavy atom. The molecule has 2 N–H and O–H groups in total. The molecule has 0 aliphatic rings. The van der Waals surface area contributed by atoms with Gasteiger partial charge in [0.2, 0.25) is 0 Å². The first-order valence-corrected chi connectivity index (χ1v) is 5.97. The highest BCUT2D eigenvalue weighted by molar-refractivity contribution is 5.89. The fourth-order valence-corrected chi connectivity index (χ4v) is 1.50. The van der Waals surface area contributed by atoms with Gasteiger partial charge in [-0.2, -0.15) is 0 Å². The van der Waals surface area contributed by atoms with Crippen LogP contribution in [0.1, 0.15) is 20.8 Å². The third kappa shape index (κ3) is 3.79. The summed E-state index contributed by atoms with van der Waals surface area (Å²) in [6, 6.07) is 1.93. The molecule has 0 aromatic heterocycles. The Balaban J connectivity index is 3.21. The summed E-state index contributed by atoms with van der Waals surface area (Å²) in [7, 11) is 0. The van der Waals surface area contributed by atoms with Crippen molar-refractivity contribution >= 4 is 17.5 Å². The molecule has 1 rings (SSSR count).